The Kier molecular flexibility index (Phi) is 3.30. The van der Waals surface area contributed by atoms with Crippen LogP contribution in [0.15, 0.2) is 18.2 Å². The molecule has 1 aliphatic rings. The molecule has 4 nitrogen and oxygen atoms in total. The van der Waals surface area contributed by atoms with Crippen LogP contribution in [0.5, 0.6) is 5.75 Å². The molecule has 0 aromatic heterocycles. The fourth-order valence-corrected chi connectivity index (χ4v) is 2.20. The molecule has 1 aromatic rings. The quantitative estimate of drug-likeness (QED) is 0.881. The SMILES string of the molecule is COc1ccc(C(C)C)cc1C1(C(N)=O)COC1. The van der Waals surface area contributed by atoms with Crippen LogP contribution in [0.25, 0.3) is 0 Å². The summed E-state index contributed by atoms with van der Waals surface area (Å²) in [4.78, 5) is 11.7. The monoisotopic (exact) mass is 249 g/mol. The molecule has 98 valence electrons. The topological polar surface area (TPSA) is 61.5 Å². The van der Waals surface area contributed by atoms with Gasteiger partial charge in [0, 0.05) is 5.56 Å². The predicted octanol–water partition coefficient (Wildman–Crippen LogP) is 1.57. The molecule has 0 spiro atoms. The van der Waals surface area contributed by atoms with Crippen LogP contribution in [0.2, 0.25) is 0 Å². The van der Waals surface area contributed by atoms with Crippen LogP contribution in [0, 0.1) is 0 Å². The van der Waals surface area contributed by atoms with Crippen LogP contribution in [0.3, 0.4) is 0 Å². The normalized spacial score (nSPS) is 17.3. The summed E-state index contributed by atoms with van der Waals surface area (Å²) in [6.07, 6.45) is 0. The van der Waals surface area contributed by atoms with Crippen LogP contribution in [-0.2, 0) is 14.9 Å². The van der Waals surface area contributed by atoms with Gasteiger partial charge in [0.05, 0.1) is 20.3 Å². The molecule has 1 saturated heterocycles. The van der Waals surface area contributed by atoms with Crippen LogP contribution in [0.1, 0.15) is 30.9 Å². The van der Waals surface area contributed by atoms with Crippen molar-refractivity contribution in [1.82, 2.24) is 0 Å². The van der Waals surface area contributed by atoms with Crippen LogP contribution < -0.4 is 10.5 Å². The van der Waals surface area contributed by atoms with Crippen molar-refractivity contribution in [1.29, 1.82) is 0 Å². The second-order valence-corrected chi connectivity index (χ2v) is 5.05. The molecule has 1 fully saturated rings. The molecule has 1 heterocycles. The summed E-state index contributed by atoms with van der Waals surface area (Å²) in [7, 11) is 1.60. The molecule has 2 N–H and O–H groups in total. The number of carbonyl (C=O) groups excluding carboxylic acids is 1. The first-order valence-electron chi connectivity index (χ1n) is 6.07. The van der Waals surface area contributed by atoms with Crippen LogP contribution >= 0.6 is 0 Å². The fraction of sp³-hybridized carbons (Fsp3) is 0.500. The summed E-state index contributed by atoms with van der Waals surface area (Å²) < 4.78 is 10.5. The first-order chi connectivity index (χ1) is 8.51. The Bertz CT molecular complexity index is 464. The first-order valence-corrected chi connectivity index (χ1v) is 6.07. The van der Waals surface area contributed by atoms with Gasteiger partial charge in [-0.05, 0) is 17.5 Å². The van der Waals surface area contributed by atoms with Gasteiger partial charge in [0.2, 0.25) is 5.91 Å². The average Bonchev–Trinajstić information content (AvgIpc) is 2.26. The van der Waals surface area contributed by atoms with E-state index in [1.807, 2.05) is 18.2 Å². The van der Waals surface area contributed by atoms with Crippen molar-refractivity contribution in [2.45, 2.75) is 25.2 Å². The Morgan fingerprint density at radius 2 is 2.11 bits per heavy atom. The Hall–Kier alpha value is -1.55. The third kappa shape index (κ3) is 1.86. The lowest BCUT2D eigenvalue weighted by molar-refractivity contribution is -0.141. The summed E-state index contributed by atoms with van der Waals surface area (Å²) in [5.74, 6) is 0.732. The van der Waals surface area contributed by atoms with E-state index in [9.17, 15) is 4.79 Å². The highest BCUT2D eigenvalue weighted by molar-refractivity contribution is 5.89. The Morgan fingerprint density at radius 3 is 2.50 bits per heavy atom. The maximum Gasteiger partial charge on any atom is 0.232 e. The molecule has 0 aliphatic carbocycles. The van der Waals surface area contributed by atoms with Crippen LogP contribution in [-0.4, -0.2) is 26.2 Å². The Labute approximate surface area is 107 Å². The van der Waals surface area contributed by atoms with Crippen molar-refractivity contribution >= 4 is 5.91 Å². The minimum absolute atomic E-state index is 0.334. The van der Waals surface area contributed by atoms with E-state index >= 15 is 0 Å². The second-order valence-electron chi connectivity index (χ2n) is 5.05. The van der Waals surface area contributed by atoms with Gasteiger partial charge >= 0.3 is 0 Å². The summed E-state index contributed by atoms with van der Waals surface area (Å²) in [6.45, 7) is 4.89. The number of hydrogen-bond acceptors (Lipinski definition) is 3. The Balaban J connectivity index is 2.53. The van der Waals surface area contributed by atoms with E-state index in [0.717, 1.165) is 5.56 Å². The first kappa shape index (κ1) is 12.9. The molecule has 2 rings (SSSR count). The minimum atomic E-state index is -0.726. The summed E-state index contributed by atoms with van der Waals surface area (Å²) in [5, 5.41) is 0. The molecule has 18 heavy (non-hydrogen) atoms. The Morgan fingerprint density at radius 1 is 1.44 bits per heavy atom. The molecule has 0 saturated carbocycles. The highest BCUT2D eigenvalue weighted by Crippen LogP contribution is 2.39. The van der Waals surface area contributed by atoms with E-state index in [1.165, 1.54) is 5.56 Å². The van der Waals surface area contributed by atoms with E-state index in [0.29, 0.717) is 24.9 Å². The second kappa shape index (κ2) is 4.61. The van der Waals surface area contributed by atoms with E-state index in [2.05, 4.69) is 13.8 Å². The average molecular weight is 249 g/mol. The van der Waals surface area contributed by atoms with Gasteiger partial charge in [0.15, 0.2) is 0 Å². The van der Waals surface area contributed by atoms with Crippen molar-refractivity contribution in [2.24, 2.45) is 5.73 Å². The molecular formula is C14H19NO3. The van der Waals surface area contributed by atoms with Gasteiger partial charge < -0.3 is 15.2 Å². The molecule has 0 atom stereocenters. The maximum absolute atomic E-state index is 11.7. The smallest absolute Gasteiger partial charge is 0.232 e. The number of nitrogens with two attached hydrogens (primary N) is 1. The highest BCUT2D eigenvalue weighted by Gasteiger charge is 2.48. The standard InChI is InChI=1S/C14H19NO3/c1-9(2)10-4-5-12(17-3)11(6-10)14(13(15)16)7-18-8-14/h4-6,9H,7-8H2,1-3H3,(H2,15,16). The summed E-state index contributed by atoms with van der Waals surface area (Å²) >= 11 is 0. The lowest BCUT2D eigenvalue weighted by Gasteiger charge is -2.39. The number of benzene rings is 1. The number of rotatable bonds is 4. The van der Waals surface area contributed by atoms with Crippen molar-refractivity contribution in [3.05, 3.63) is 29.3 Å². The number of carbonyl (C=O) groups is 1. The van der Waals surface area contributed by atoms with Gasteiger partial charge in [-0.25, -0.2) is 0 Å². The lowest BCUT2D eigenvalue weighted by atomic mass is 9.76. The lowest BCUT2D eigenvalue weighted by Crippen LogP contribution is -2.56. The molecular weight excluding hydrogens is 230 g/mol. The van der Waals surface area contributed by atoms with Gasteiger partial charge in [-0.3, -0.25) is 4.79 Å². The zero-order valence-electron chi connectivity index (χ0n) is 11.0. The van der Waals surface area contributed by atoms with Crippen molar-refractivity contribution < 1.29 is 14.3 Å². The molecule has 4 heteroatoms. The molecule has 1 amide bonds. The van der Waals surface area contributed by atoms with Crippen molar-refractivity contribution in [3.8, 4) is 5.75 Å². The summed E-state index contributed by atoms with van der Waals surface area (Å²) in [6, 6.07) is 5.92. The molecule has 0 radical (unpaired) electrons. The van der Waals surface area contributed by atoms with E-state index in [1.54, 1.807) is 7.11 Å². The third-order valence-corrected chi connectivity index (χ3v) is 3.57. The maximum atomic E-state index is 11.7. The van der Waals surface area contributed by atoms with Gasteiger partial charge in [0.1, 0.15) is 11.2 Å². The molecule has 0 bridgehead atoms. The van der Waals surface area contributed by atoms with E-state index < -0.39 is 5.41 Å². The number of primary amides is 1. The number of hydrogen-bond donors (Lipinski definition) is 1. The van der Waals surface area contributed by atoms with E-state index in [4.69, 9.17) is 15.2 Å². The van der Waals surface area contributed by atoms with Gasteiger partial charge in [-0.2, -0.15) is 0 Å². The van der Waals surface area contributed by atoms with Crippen LogP contribution in [0.4, 0.5) is 0 Å². The number of ether oxygens (including phenoxy) is 2. The minimum Gasteiger partial charge on any atom is -0.496 e. The van der Waals surface area contributed by atoms with E-state index in [-0.39, 0.29) is 5.91 Å². The highest BCUT2D eigenvalue weighted by atomic mass is 16.5. The van der Waals surface area contributed by atoms with Gasteiger partial charge in [-0.15, -0.1) is 0 Å². The van der Waals surface area contributed by atoms with Crippen molar-refractivity contribution in [2.75, 3.05) is 20.3 Å². The predicted molar refractivity (Wildman–Crippen MR) is 68.8 cm³/mol. The van der Waals surface area contributed by atoms with Crippen molar-refractivity contribution in [3.63, 3.8) is 0 Å². The zero-order valence-corrected chi connectivity index (χ0v) is 11.0. The molecule has 1 aromatic carbocycles. The van der Waals surface area contributed by atoms with Gasteiger partial charge in [-0.1, -0.05) is 26.0 Å². The number of methoxy groups -OCH3 is 1. The zero-order chi connectivity index (χ0) is 13.3. The third-order valence-electron chi connectivity index (χ3n) is 3.57. The summed E-state index contributed by atoms with van der Waals surface area (Å²) in [5.41, 5.74) is 6.82. The van der Waals surface area contributed by atoms with Gasteiger partial charge in [0.25, 0.3) is 0 Å². The molecule has 1 aliphatic heterocycles. The number of amides is 1. The fourth-order valence-electron chi connectivity index (χ4n) is 2.20. The largest absolute Gasteiger partial charge is 0.496 e. The molecule has 0 unspecified atom stereocenters.